The number of hydrogen-bond acceptors (Lipinski definition) is 3. The lowest BCUT2D eigenvalue weighted by molar-refractivity contribution is 0.580. The minimum atomic E-state index is -0.173. The van der Waals surface area contributed by atoms with Gasteiger partial charge in [0.05, 0.1) is 6.54 Å². The van der Waals surface area contributed by atoms with Crippen LogP contribution in [0.25, 0.3) is 0 Å². The Morgan fingerprint density at radius 3 is 2.74 bits per heavy atom. The Kier molecular flexibility index (Phi) is 4.27. The molecule has 2 rings (SSSR count). The molecule has 1 heterocycles. The van der Waals surface area contributed by atoms with E-state index in [1.165, 1.54) is 6.07 Å². The second-order valence-corrected chi connectivity index (χ2v) is 4.93. The largest absolute Gasteiger partial charge is 0.306 e. The molecule has 1 aromatic heterocycles. The number of H-pyrrole nitrogens is 1. The predicted molar refractivity (Wildman–Crippen MR) is 72.2 cm³/mol. The van der Waals surface area contributed by atoms with E-state index >= 15 is 0 Å². The third-order valence-electron chi connectivity index (χ3n) is 3.01. The Morgan fingerprint density at radius 2 is 2.11 bits per heavy atom. The van der Waals surface area contributed by atoms with Crippen molar-refractivity contribution in [1.29, 1.82) is 0 Å². The molecule has 2 N–H and O–H groups in total. The van der Waals surface area contributed by atoms with Gasteiger partial charge in [0.1, 0.15) is 11.6 Å². The standard InChI is InChI=1S/C14H19FN4/c1-9(2)14-17-13(18-19-14)8-16-7-11-10(3)5-4-6-12(11)15/h4-6,9,16H,7-8H2,1-3H3,(H,17,18,19). The normalized spacial score (nSPS) is 11.2. The molecule has 0 unspecified atom stereocenters. The maximum Gasteiger partial charge on any atom is 0.153 e. The van der Waals surface area contributed by atoms with Gasteiger partial charge in [0.15, 0.2) is 5.82 Å². The number of benzene rings is 1. The predicted octanol–water partition coefficient (Wildman–Crippen LogP) is 2.67. The number of hydrogen-bond donors (Lipinski definition) is 2. The summed E-state index contributed by atoms with van der Waals surface area (Å²) in [6.45, 7) is 7.03. The fraction of sp³-hybridized carbons (Fsp3) is 0.429. The molecule has 0 saturated heterocycles. The van der Waals surface area contributed by atoms with Crippen LogP contribution in [0.15, 0.2) is 18.2 Å². The minimum Gasteiger partial charge on any atom is -0.306 e. The summed E-state index contributed by atoms with van der Waals surface area (Å²) in [4.78, 5) is 4.36. The van der Waals surface area contributed by atoms with Gasteiger partial charge in [-0.2, -0.15) is 5.10 Å². The van der Waals surface area contributed by atoms with Crippen LogP contribution in [0.4, 0.5) is 4.39 Å². The minimum absolute atomic E-state index is 0.173. The van der Waals surface area contributed by atoms with Gasteiger partial charge in [0.25, 0.3) is 0 Å². The molecule has 0 spiro atoms. The Hall–Kier alpha value is -1.75. The zero-order chi connectivity index (χ0) is 13.8. The van der Waals surface area contributed by atoms with Crippen LogP contribution in [0.1, 0.15) is 42.5 Å². The van der Waals surface area contributed by atoms with Crippen LogP contribution >= 0.6 is 0 Å². The third kappa shape index (κ3) is 3.38. The molecule has 0 fully saturated rings. The van der Waals surface area contributed by atoms with Crippen molar-refractivity contribution >= 4 is 0 Å². The highest BCUT2D eigenvalue weighted by atomic mass is 19.1. The molecular formula is C14H19FN4. The molecule has 2 aromatic rings. The lowest BCUT2D eigenvalue weighted by atomic mass is 10.1. The number of halogens is 1. The Bertz CT molecular complexity index is 528. The number of rotatable bonds is 5. The van der Waals surface area contributed by atoms with Crippen LogP contribution < -0.4 is 5.32 Å². The van der Waals surface area contributed by atoms with E-state index in [0.29, 0.717) is 24.6 Å². The number of aromatic nitrogens is 3. The van der Waals surface area contributed by atoms with Crippen molar-refractivity contribution in [1.82, 2.24) is 20.5 Å². The number of aromatic amines is 1. The van der Waals surface area contributed by atoms with Gasteiger partial charge in [-0.1, -0.05) is 26.0 Å². The van der Waals surface area contributed by atoms with Crippen molar-refractivity contribution in [3.63, 3.8) is 0 Å². The number of nitrogens with one attached hydrogen (secondary N) is 2. The smallest absolute Gasteiger partial charge is 0.153 e. The first-order valence-electron chi connectivity index (χ1n) is 6.44. The van der Waals surface area contributed by atoms with Crippen LogP contribution in [-0.4, -0.2) is 15.2 Å². The average Bonchev–Trinajstić information content (AvgIpc) is 2.82. The average molecular weight is 262 g/mol. The molecule has 0 amide bonds. The van der Waals surface area contributed by atoms with Crippen molar-refractivity contribution < 1.29 is 4.39 Å². The van der Waals surface area contributed by atoms with E-state index in [-0.39, 0.29) is 5.82 Å². The highest BCUT2D eigenvalue weighted by molar-refractivity contribution is 5.27. The van der Waals surface area contributed by atoms with Gasteiger partial charge in [-0.25, -0.2) is 9.37 Å². The van der Waals surface area contributed by atoms with Gasteiger partial charge < -0.3 is 5.32 Å². The van der Waals surface area contributed by atoms with Gasteiger partial charge >= 0.3 is 0 Å². The van der Waals surface area contributed by atoms with Crippen molar-refractivity contribution in [2.75, 3.05) is 0 Å². The van der Waals surface area contributed by atoms with Gasteiger partial charge in [-0.3, -0.25) is 5.10 Å². The van der Waals surface area contributed by atoms with Crippen molar-refractivity contribution in [3.8, 4) is 0 Å². The first kappa shape index (κ1) is 13.7. The summed E-state index contributed by atoms with van der Waals surface area (Å²) in [6.07, 6.45) is 0. The molecule has 0 saturated carbocycles. The number of nitrogens with zero attached hydrogens (tertiary/aromatic N) is 2. The summed E-state index contributed by atoms with van der Waals surface area (Å²) >= 11 is 0. The lowest BCUT2D eigenvalue weighted by Gasteiger charge is -2.07. The molecule has 1 aromatic carbocycles. The summed E-state index contributed by atoms with van der Waals surface area (Å²) in [5, 5.41) is 10.2. The summed E-state index contributed by atoms with van der Waals surface area (Å²) in [7, 11) is 0. The van der Waals surface area contributed by atoms with Gasteiger partial charge in [0, 0.05) is 18.0 Å². The van der Waals surface area contributed by atoms with E-state index in [1.807, 2.05) is 26.8 Å². The molecule has 5 heteroatoms. The molecule has 0 atom stereocenters. The van der Waals surface area contributed by atoms with E-state index in [9.17, 15) is 4.39 Å². The highest BCUT2D eigenvalue weighted by Crippen LogP contribution is 2.12. The Morgan fingerprint density at radius 1 is 1.32 bits per heavy atom. The Balaban J connectivity index is 1.92. The van der Waals surface area contributed by atoms with Crippen LogP contribution in [0.2, 0.25) is 0 Å². The maximum absolute atomic E-state index is 13.6. The summed E-state index contributed by atoms with van der Waals surface area (Å²) in [5.41, 5.74) is 1.65. The second kappa shape index (κ2) is 5.93. The monoisotopic (exact) mass is 262 g/mol. The van der Waals surface area contributed by atoms with Crippen LogP contribution in [0.5, 0.6) is 0 Å². The molecule has 0 aliphatic carbocycles. The van der Waals surface area contributed by atoms with Crippen molar-refractivity contribution in [2.24, 2.45) is 0 Å². The molecule has 0 aliphatic rings. The van der Waals surface area contributed by atoms with Crippen molar-refractivity contribution in [3.05, 3.63) is 46.8 Å². The fourth-order valence-corrected chi connectivity index (χ4v) is 1.84. The summed E-state index contributed by atoms with van der Waals surface area (Å²) in [5.74, 6) is 1.71. The second-order valence-electron chi connectivity index (χ2n) is 4.93. The molecule has 0 radical (unpaired) electrons. The third-order valence-corrected chi connectivity index (χ3v) is 3.01. The van der Waals surface area contributed by atoms with Gasteiger partial charge in [-0.15, -0.1) is 0 Å². The zero-order valence-electron chi connectivity index (χ0n) is 11.5. The van der Waals surface area contributed by atoms with E-state index in [4.69, 9.17) is 0 Å². The van der Waals surface area contributed by atoms with E-state index in [1.54, 1.807) is 6.07 Å². The summed E-state index contributed by atoms with van der Waals surface area (Å²) in [6, 6.07) is 5.11. The van der Waals surface area contributed by atoms with E-state index in [0.717, 1.165) is 17.2 Å². The van der Waals surface area contributed by atoms with E-state index < -0.39 is 0 Å². The Labute approximate surface area is 112 Å². The summed E-state index contributed by atoms with van der Waals surface area (Å²) < 4.78 is 13.6. The quantitative estimate of drug-likeness (QED) is 0.871. The highest BCUT2D eigenvalue weighted by Gasteiger charge is 2.08. The molecule has 19 heavy (non-hydrogen) atoms. The van der Waals surface area contributed by atoms with Gasteiger partial charge in [-0.05, 0) is 18.6 Å². The van der Waals surface area contributed by atoms with Crippen LogP contribution in [0.3, 0.4) is 0 Å². The zero-order valence-corrected chi connectivity index (χ0v) is 11.5. The first-order valence-corrected chi connectivity index (χ1v) is 6.44. The molecule has 4 nitrogen and oxygen atoms in total. The van der Waals surface area contributed by atoms with Crippen LogP contribution in [-0.2, 0) is 13.1 Å². The molecule has 0 aliphatic heterocycles. The SMILES string of the molecule is Cc1cccc(F)c1CNCc1nc(C(C)C)n[nH]1. The van der Waals surface area contributed by atoms with Crippen LogP contribution in [0, 0.1) is 12.7 Å². The van der Waals surface area contributed by atoms with E-state index in [2.05, 4.69) is 20.5 Å². The lowest BCUT2D eigenvalue weighted by Crippen LogP contribution is -2.15. The van der Waals surface area contributed by atoms with Crippen molar-refractivity contribution in [2.45, 2.75) is 39.8 Å². The molecular weight excluding hydrogens is 243 g/mol. The topological polar surface area (TPSA) is 53.6 Å². The van der Waals surface area contributed by atoms with Gasteiger partial charge in [0.2, 0.25) is 0 Å². The fourth-order valence-electron chi connectivity index (χ4n) is 1.84. The molecule has 102 valence electrons. The number of aryl methyl sites for hydroxylation is 1. The molecule has 0 bridgehead atoms. The first-order chi connectivity index (χ1) is 9.08. The maximum atomic E-state index is 13.6.